The van der Waals surface area contributed by atoms with E-state index in [2.05, 4.69) is 20.9 Å². The van der Waals surface area contributed by atoms with Gasteiger partial charge < -0.3 is 19.8 Å². The Morgan fingerprint density at radius 3 is 2.69 bits per heavy atom. The lowest BCUT2D eigenvalue weighted by molar-refractivity contribution is -0.127. The minimum absolute atomic E-state index is 0.136. The maximum atomic E-state index is 11.8. The van der Waals surface area contributed by atoms with Gasteiger partial charge >= 0.3 is 0 Å². The van der Waals surface area contributed by atoms with Crippen LogP contribution in [0, 0.1) is 5.92 Å². The van der Waals surface area contributed by atoms with Crippen LogP contribution >= 0.6 is 0 Å². The molecule has 1 amide bonds. The minimum Gasteiger partial charge on any atom is -0.493 e. The highest BCUT2D eigenvalue weighted by atomic mass is 16.3. The van der Waals surface area contributed by atoms with Gasteiger partial charge in [-0.1, -0.05) is 6.07 Å². The smallest absolute Gasteiger partial charge is 0.222 e. The van der Waals surface area contributed by atoms with Gasteiger partial charge in [-0.15, -0.1) is 0 Å². The summed E-state index contributed by atoms with van der Waals surface area (Å²) in [5.74, 6) is 1.17. The highest BCUT2D eigenvalue weighted by Gasteiger charge is 2.26. The highest BCUT2D eigenvalue weighted by molar-refractivity contribution is 6.00. The summed E-state index contributed by atoms with van der Waals surface area (Å²) in [4.78, 5) is 23.0. The molecule has 2 fully saturated rings. The predicted molar refractivity (Wildman–Crippen MR) is 114 cm³/mol. The van der Waals surface area contributed by atoms with Gasteiger partial charge in [0.1, 0.15) is 0 Å². The molecule has 0 unspecified atom stereocenters. The van der Waals surface area contributed by atoms with Crippen LogP contribution in [0.25, 0.3) is 10.8 Å². The van der Waals surface area contributed by atoms with Crippen LogP contribution in [0.15, 0.2) is 24.4 Å². The summed E-state index contributed by atoms with van der Waals surface area (Å²) in [6.07, 6.45) is 7.03. The molecule has 3 aliphatic heterocycles. The number of pyridine rings is 1. The lowest BCUT2D eigenvalue weighted by Crippen LogP contribution is -2.43. The number of aromatic nitrogens is 1. The van der Waals surface area contributed by atoms with E-state index in [0.717, 1.165) is 70.5 Å². The van der Waals surface area contributed by atoms with Crippen LogP contribution in [0.2, 0.25) is 0 Å². The third-order valence-corrected chi connectivity index (χ3v) is 6.98. The standard InChI is InChI=1S/C23H30N4O2/c28-21-5-2-9-26(21)14-13-25-10-6-17(7-11-25)16-27-12-8-18-15-24-23(29)19-3-1-4-20(27)22(18)19/h1,3-4,15,17H,2,5-14,16H2,(H,24,29). The lowest BCUT2D eigenvalue weighted by Gasteiger charge is -2.38. The van der Waals surface area contributed by atoms with Gasteiger partial charge in [-0.3, -0.25) is 4.79 Å². The Balaban J connectivity index is 1.19. The number of rotatable bonds is 5. The van der Waals surface area contributed by atoms with Crippen molar-refractivity contribution in [3.63, 3.8) is 0 Å². The first-order valence-electron chi connectivity index (χ1n) is 11.0. The van der Waals surface area contributed by atoms with Crippen molar-refractivity contribution in [3.05, 3.63) is 30.0 Å². The van der Waals surface area contributed by atoms with Crippen LogP contribution < -0.4 is 4.90 Å². The number of carbonyl (C=O) groups excluding carboxylic acids is 1. The Morgan fingerprint density at radius 1 is 1.03 bits per heavy atom. The van der Waals surface area contributed by atoms with Crippen molar-refractivity contribution in [2.24, 2.45) is 5.92 Å². The lowest BCUT2D eigenvalue weighted by atomic mass is 9.93. The van der Waals surface area contributed by atoms with E-state index in [1.54, 1.807) is 0 Å². The predicted octanol–water partition coefficient (Wildman–Crippen LogP) is 2.64. The largest absolute Gasteiger partial charge is 0.493 e. The van der Waals surface area contributed by atoms with Crippen LogP contribution in [0.4, 0.5) is 5.69 Å². The fourth-order valence-electron chi connectivity index (χ4n) is 5.26. The highest BCUT2D eigenvalue weighted by Crippen LogP contribution is 2.37. The Bertz CT molecular complexity index is 907. The van der Waals surface area contributed by atoms with E-state index in [0.29, 0.717) is 11.8 Å². The zero-order chi connectivity index (χ0) is 19.8. The van der Waals surface area contributed by atoms with Gasteiger partial charge in [0.25, 0.3) is 0 Å². The number of hydrogen-bond acceptors (Lipinski definition) is 5. The molecule has 1 N–H and O–H groups in total. The van der Waals surface area contributed by atoms with E-state index in [-0.39, 0.29) is 5.88 Å². The number of carbonyl (C=O) groups is 1. The first-order chi connectivity index (χ1) is 14.2. The number of likely N-dealkylation sites (tertiary alicyclic amines) is 2. The molecule has 6 nitrogen and oxygen atoms in total. The van der Waals surface area contributed by atoms with Gasteiger partial charge in [0.2, 0.25) is 11.8 Å². The third-order valence-electron chi connectivity index (χ3n) is 6.98. The van der Waals surface area contributed by atoms with Gasteiger partial charge in [0.15, 0.2) is 0 Å². The van der Waals surface area contributed by atoms with E-state index >= 15 is 0 Å². The van der Waals surface area contributed by atoms with Gasteiger partial charge in [-0.2, -0.15) is 0 Å². The average molecular weight is 395 g/mol. The summed E-state index contributed by atoms with van der Waals surface area (Å²) in [7, 11) is 0. The molecule has 3 aliphatic rings. The van der Waals surface area contributed by atoms with Crippen LogP contribution in [-0.4, -0.2) is 71.6 Å². The molecule has 154 valence electrons. The van der Waals surface area contributed by atoms with Crippen LogP contribution in [0.1, 0.15) is 31.2 Å². The second-order valence-corrected chi connectivity index (χ2v) is 8.77. The Hall–Kier alpha value is -2.34. The minimum atomic E-state index is 0.136. The van der Waals surface area contributed by atoms with Crippen LogP contribution in [-0.2, 0) is 11.2 Å². The third kappa shape index (κ3) is 3.66. The molecular weight excluding hydrogens is 364 g/mol. The van der Waals surface area contributed by atoms with E-state index in [1.165, 1.54) is 29.5 Å². The van der Waals surface area contributed by atoms with Crippen molar-refractivity contribution in [2.75, 3.05) is 50.7 Å². The molecular formula is C23H30N4O2. The van der Waals surface area contributed by atoms with Crippen molar-refractivity contribution >= 4 is 22.4 Å². The number of aromatic hydroxyl groups is 1. The number of amides is 1. The van der Waals surface area contributed by atoms with Gasteiger partial charge in [0.05, 0.1) is 0 Å². The maximum Gasteiger partial charge on any atom is 0.222 e. The summed E-state index contributed by atoms with van der Waals surface area (Å²) in [5, 5.41) is 12.2. The summed E-state index contributed by atoms with van der Waals surface area (Å²) in [6.45, 7) is 7.23. The Morgan fingerprint density at radius 2 is 1.90 bits per heavy atom. The summed E-state index contributed by atoms with van der Waals surface area (Å²) >= 11 is 0. The molecule has 0 atom stereocenters. The summed E-state index contributed by atoms with van der Waals surface area (Å²) < 4.78 is 0. The Kier molecular flexibility index (Phi) is 5.04. The van der Waals surface area contributed by atoms with Crippen molar-refractivity contribution in [3.8, 4) is 5.88 Å². The number of piperidine rings is 1. The molecule has 4 heterocycles. The van der Waals surface area contributed by atoms with Crippen LogP contribution in [0.5, 0.6) is 5.88 Å². The van der Waals surface area contributed by atoms with E-state index in [9.17, 15) is 9.90 Å². The quantitative estimate of drug-likeness (QED) is 0.845. The van der Waals surface area contributed by atoms with E-state index in [4.69, 9.17) is 0 Å². The first kappa shape index (κ1) is 18.7. The fourth-order valence-corrected chi connectivity index (χ4v) is 5.26. The van der Waals surface area contributed by atoms with E-state index < -0.39 is 0 Å². The molecule has 29 heavy (non-hydrogen) atoms. The van der Waals surface area contributed by atoms with Crippen molar-refractivity contribution in [1.29, 1.82) is 0 Å². The molecule has 1 aromatic heterocycles. The fraction of sp³-hybridized carbons (Fsp3) is 0.565. The molecule has 6 heteroatoms. The van der Waals surface area contributed by atoms with Crippen molar-refractivity contribution in [1.82, 2.24) is 14.8 Å². The van der Waals surface area contributed by atoms with Gasteiger partial charge in [-0.25, -0.2) is 4.98 Å². The molecule has 0 radical (unpaired) electrons. The topological polar surface area (TPSA) is 59.9 Å². The van der Waals surface area contributed by atoms with Gasteiger partial charge in [-0.05, 0) is 62.4 Å². The van der Waals surface area contributed by atoms with Crippen molar-refractivity contribution < 1.29 is 9.90 Å². The number of anilines is 1. The van der Waals surface area contributed by atoms with Crippen LogP contribution in [0.3, 0.4) is 0 Å². The number of benzene rings is 1. The average Bonchev–Trinajstić information content (AvgIpc) is 3.16. The molecule has 2 saturated heterocycles. The summed E-state index contributed by atoms with van der Waals surface area (Å²) in [6, 6.07) is 6.19. The molecule has 0 saturated carbocycles. The normalized spacial score (nSPS) is 20.8. The van der Waals surface area contributed by atoms with E-state index in [1.807, 2.05) is 23.2 Å². The van der Waals surface area contributed by atoms with Gasteiger partial charge in [0, 0.05) is 61.8 Å². The zero-order valence-electron chi connectivity index (χ0n) is 17.0. The van der Waals surface area contributed by atoms with Crippen molar-refractivity contribution in [2.45, 2.75) is 32.1 Å². The molecule has 5 rings (SSSR count). The first-order valence-corrected chi connectivity index (χ1v) is 11.0. The number of hydrogen-bond donors (Lipinski definition) is 1. The molecule has 1 aromatic carbocycles. The molecule has 0 aliphatic carbocycles. The number of nitrogens with zero attached hydrogens (tertiary/aromatic N) is 4. The SMILES string of the molecule is O=C1CCCN1CCN1CCC(CN2CCc3cnc(O)c4cccc2c34)CC1. The second-order valence-electron chi connectivity index (χ2n) is 8.77. The maximum absolute atomic E-state index is 11.8. The monoisotopic (exact) mass is 394 g/mol. The Labute approximate surface area is 172 Å². The second kappa shape index (κ2) is 7.82. The molecule has 0 bridgehead atoms. The molecule has 2 aromatic rings. The zero-order valence-corrected chi connectivity index (χ0v) is 17.0. The molecule has 0 spiro atoms. The summed E-state index contributed by atoms with van der Waals surface area (Å²) in [5.41, 5.74) is 2.49.